The van der Waals surface area contributed by atoms with Crippen LogP contribution in [-0.2, 0) is 10.8 Å². The third-order valence-corrected chi connectivity index (χ3v) is 4.28. The summed E-state index contributed by atoms with van der Waals surface area (Å²) >= 11 is 0. The van der Waals surface area contributed by atoms with Crippen LogP contribution in [0.4, 0.5) is 85.0 Å². The molecule has 0 aromatic carbocycles. The lowest BCUT2D eigenvalue weighted by atomic mass is 9.82. The Kier molecular flexibility index (Phi) is 7.50. The predicted octanol–water partition coefficient (Wildman–Crippen LogP) is 6.54. The molecule has 0 atom stereocenters. The van der Waals surface area contributed by atoms with Crippen LogP contribution in [0.3, 0.4) is 0 Å². The molecule has 1 heterocycles. The Bertz CT molecular complexity index is 790. The highest BCUT2D eigenvalue weighted by Gasteiger charge is 2.89. The second kappa shape index (κ2) is 8.55. The molecule has 1 aromatic heterocycles. The first kappa shape index (κ1) is 31.6. The van der Waals surface area contributed by atoms with Gasteiger partial charge in [0.2, 0.25) is 5.95 Å². The summed E-state index contributed by atoms with van der Waals surface area (Å²) in [6, 6.07) is -1.47. The highest BCUT2D eigenvalue weighted by molar-refractivity contribution is 5.35. The van der Waals surface area contributed by atoms with E-state index in [1.54, 1.807) is 0 Å². The molecule has 0 fully saturated rings. The molecular weight excluding hydrogens is 566 g/mol. The number of aromatic nitrogens is 3. The number of halogens is 18. The number of alkyl halides is 18. The molecule has 0 bridgehead atoms. The van der Waals surface area contributed by atoms with Gasteiger partial charge in [0.05, 0.1) is 0 Å². The predicted molar refractivity (Wildman–Crippen MR) is 78.3 cm³/mol. The average molecular weight is 574 g/mol. The van der Waals surface area contributed by atoms with E-state index in [0.717, 1.165) is 13.8 Å². The van der Waals surface area contributed by atoms with Crippen molar-refractivity contribution in [1.29, 1.82) is 0 Å². The summed E-state index contributed by atoms with van der Waals surface area (Å²) in [6.07, 6.45) is -46.2. The Morgan fingerprint density at radius 2 is 0.667 bits per heavy atom. The molecule has 210 valence electrons. The quantitative estimate of drug-likeness (QED) is 0.415. The summed E-state index contributed by atoms with van der Waals surface area (Å²) in [5.41, 5.74) is -14.9. The molecule has 0 aliphatic rings. The fourth-order valence-corrected chi connectivity index (χ4v) is 2.76. The molecule has 0 aliphatic carbocycles. The molecule has 0 amide bonds. The van der Waals surface area contributed by atoms with Gasteiger partial charge in [-0.1, -0.05) is 0 Å². The molecule has 1 aromatic rings. The first-order valence-corrected chi connectivity index (χ1v) is 8.44. The van der Waals surface area contributed by atoms with E-state index >= 15 is 0 Å². The first-order valence-electron chi connectivity index (χ1n) is 8.44. The van der Waals surface area contributed by atoms with Crippen molar-refractivity contribution in [3.63, 3.8) is 0 Å². The van der Waals surface area contributed by atoms with E-state index in [4.69, 9.17) is 0 Å². The summed E-state index contributed by atoms with van der Waals surface area (Å²) in [5, 5.41) is 1.37. The van der Waals surface area contributed by atoms with E-state index in [-0.39, 0.29) is 0 Å². The summed E-state index contributed by atoms with van der Waals surface area (Å²) in [6.45, 7) is 1.64. The van der Waals surface area contributed by atoms with E-state index in [0.29, 0.717) is 0 Å². The normalized spacial score (nSPS) is 15.5. The summed E-state index contributed by atoms with van der Waals surface area (Å²) in [7, 11) is 0. The molecular formula is C14H8F18N4. The molecule has 1 rings (SSSR count). The van der Waals surface area contributed by atoms with Gasteiger partial charge in [-0.2, -0.15) is 89.0 Å². The molecule has 22 heteroatoms. The van der Waals surface area contributed by atoms with Gasteiger partial charge in [0.15, 0.2) is 11.6 Å². The Morgan fingerprint density at radius 3 is 0.833 bits per heavy atom. The highest BCUT2D eigenvalue weighted by Crippen LogP contribution is 2.62. The Labute approximate surface area is 186 Å². The molecule has 0 saturated carbocycles. The van der Waals surface area contributed by atoms with E-state index in [9.17, 15) is 79.0 Å². The topological polar surface area (TPSA) is 50.7 Å². The smallest absolute Gasteiger partial charge is 0.352 e. The summed E-state index contributed by atoms with van der Waals surface area (Å²) < 4.78 is 240. The van der Waals surface area contributed by atoms with Gasteiger partial charge in [-0.15, -0.1) is 0 Å². The SMILES string of the molecule is CC(C)Nc1nc(C(C(F)(F)F)(C(F)(F)F)C(F)(F)F)nc(C(C(F)(F)F)(C(F)(F)F)C(F)(F)F)n1. The molecule has 4 nitrogen and oxygen atoms in total. The Morgan fingerprint density at radius 1 is 0.444 bits per heavy atom. The maximum Gasteiger partial charge on any atom is 0.419 e. The molecule has 0 saturated heterocycles. The van der Waals surface area contributed by atoms with Crippen LogP contribution in [0.1, 0.15) is 25.5 Å². The van der Waals surface area contributed by atoms with Gasteiger partial charge in [-0.05, 0) is 13.8 Å². The van der Waals surface area contributed by atoms with Crippen molar-refractivity contribution in [3.05, 3.63) is 11.6 Å². The van der Waals surface area contributed by atoms with Crippen LogP contribution in [0.2, 0.25) is 0 Å². The number of nitrogens with one attached hydrogen (secondary N) is 1. The molecule has 1 N–H and O–H groups in total. The molecule has 0 unspecified atom stereocenters. The molecule has 36 heavy (non-hydrogen) atoms. The lowest BCUT2D eigenvalue weighted by molar-refractivity contribution is -0.391. The third kappa shape index (κ3) is 4.65. The van der Waals surface area contributed by atoms with Crippen LogP contribution in [-0.4, -0.2) is 58.1 Å². The minimum atomic E-state index is -7.70. The van der Waals surface area contributed by atoms with Crippen molar-refractivity contribution in [2.75, 3.05) is 5.32 Å². The number of anilines is 1. The lowest BCUT2D eigenvalue weighted by Gasteiger charge is -2.39. The fourth-order valence-electron chi connectivity index (χ4n) is 2.76. The van der Waals surface area contributed by atoms with Gasteiger partial charge in [-0.3, -0.25) is 0 Å². The zero-order valence-corrected chi connectivity index (χ0v) is 16.7. The third-order valence-electron chi connectivity index (χ3n) is 4.28. The number of hydrogen-bond acceptors (Lipinski definition) is 4. The fraction of sp³-hybridized carbons (Fsp3) is 0.786. The van der Waals surface area contributed by atoms with Crippen LogP contribution < -0.4 is 5.32 Å². The summed E-state index contributed by atoms with van der Waals surface area (Å²) in [4.78, 5) is 5.32. The van der Waals surface area contributed by atoms with Crippen molar-refractivity contribution in [1.82, 2.24) is 15.0 Å². The van der Waals surface area contributed by atoms with Crippen LogP contribution in [0, 0.1) is 0 Å². The van der Waals surface area contributed by atoms with E-state index in [2.05, 4.69) is 0 Å². The monoisotopic (exact) mass is 574 g/mol. The molecule has 0 aliphatic heterocycles. The molecule has 0 spiro atoms. The minimum absolute atomic E-state index is 0.818. The van der Waals surface area contributed by atoms with Crippen LogP contribution >= 0.6 is 0 Å². The second-order valence-corrected chi connectivity index (χ2v) is 7.09. The van der Waals surface area contributed by atoms with E-state index in [1.165, 1.54) is 10.3 Å². The van der Waals surface area contributed by atoms with Crippen molar-refractivity contribution in [2.45, 2.75) is 67.8 Å². The van der Waals surface area contributed by atoms with Crippen LogP contribution in [0.5, 0.6) is 0 Å². The van der Waals surface area contributed by atoms with E-state index < -0.39 is 71.5 Å². The zero-order valence-electron chi connectivity index (χ0n) is 16.7. The van der Waals surface area contributed by atoms with Crippen LogP contribution in [0.15, 0.2) is 0 Å². The maximum atomic E-state index is 13.3. The van der Waals surface area contributed by atoms with Crippen molar-refractivity contribution < 1.29 is 79.0 Å². The highest BCUT2D eigenvalue weighted by atomic mass is 19.4. The maximum absolute atomic E-state index is 13.3. The number of rotatable bonds is 4. The van der Waals surface area contributed by atoms with Gasteiger partial charge >= 0.3 is 47.9 Å². The second-order valence-electron chi connectivity index (χ2n) is 7.09. The van der Waals surface area contributed by atoms with Crippen molar-refractivity contribution >= 4 is 5.95 Å². The Hall–Kier alpha value is -2.45. The molecule has 0 radical (unpaired) electrons. The average Bonchev–Trinajstić information content (AvgIpc) is 2.45. The van der Waals surface area contributed by atoms with Gasteiger partial charge in [-0.25, -0.2) is 4.98 Å². The summed E-state index contributed by atoms with van der Waals surface area (Å²) in [5.74, 6) is -10.2. The number of hydrogen-bond donors (Lipinski definition) is 1. The largest absolute Gasteiger partial charge is 0.419 e. The number of nitrogens with zero attached hydrogens (tertiary/aromatic N) is 3. The Balaban J connectivity index is 4.59. The van der Waals surface area contributed by atoms with Gasteiger partial charge in [0, 0.05) is 6.04 Å². The van der Waals surface area contributed by atoms with Gasteiger partial charge in [0.1, 0.15) is 0 Å². The lowest BCUT2D eigenvalue weighted by Crippen LogP contribution is -2.66. The van der Waals surface area contributed by atoms with Gasteiger partial charge in [0.25, 0.3) is 0 Å². The minimum Gasteiger partial charge on any atom is -0.352 e. The van der Waals surface area contributed by atoms with E-state index in [1.807, 2.05) is 9.97 Å². The standard InChI is InChI=1S/C14H8F18N4/c1-3(2)33-6-35-4(7(9(15,16)17,10(18,19)20)11(21,22)23)34-5(36-6)8(12(24,25)26,13(27,28)29)14(30,31)32/h3H,1-2H3,(H,33,34,35,36). The van der Waals surface area contributed by atoms with Gasteiger partial charge < -0.3 is 5.32 Å². The van der Waals surface area contributed by atoms with Crippen molar-refractivity contribution in [2.24, 2.45) is 0 Å². The zero-order chi connectivity index (χ0) is 29.1. The first-order chi connectivity index (χ1) is 15.5. The van der Waals surface area contributed by atoms with Crippen LogP contribution in [0.25, 0.3) is 0 Å². The van der Waals surface area contributed by atoms with Crippen molar-refractivity contribution in [3.8, 4) is 0 Å².